The number of anilines is 1. The summed E-state index contributed by atoms with van der Waals surface area (Å²) in [5.74, 6) is 1.15. The van der Waals surface area contributed by atoms with E-state index in [0.29, 0.717) is 6.04 Å². The number of pyridine rings is 1. The Bertz CT molecular complexity index is 340. The summed E-state index contributed by atoms with van der Waals surface area (Å²) in [7, 11) is 0. The van der Waals surface area contributed by atoms with E-state index in [-0.39, 0.29) is 0 Å². The lowest BCUT2D eigenvalue weighted by atomic mass is 9.93. The lowest BCUT2D eigenvalue weighted by molar-refractivity contribution is 0.375. The first-order chi connectivity index (χ1) is 7.16. The minimum atomic E-state index is -0.390. The Labute approximate surface area is 90.1 Å². The van der Waals surface area contributed by atoms with Gasteiger partial charge in [-0.1, -0.05) is 13.0 Å². The maximum atomic E-state index is 13.0. The molecule has 1 aliphatic heterocycles. The van der Waals surface area contributed by atoms with E-state index in [0.717, 1.165) is 24.7 Å². The van der Waals surface area contributed by atoms with Crippen LogP contribution < -0.4 is 4.90 Å². The average Bonchev–Trinajstić information content (AvgIpc) is 2.17. The van der Waals surface area contributed by atoms with Gasteiger partial charge in [-0.2, -0.15) is 4.39 Å². The van der Waals surface area contributed by atoms with Gasteiger partial charge in [0.2, 0.25) is 5.95 Å². The van der Waals surface area contributed by atoms with Gasteiger partial charge in [-0.3, -0.25) is 0 Å². The highest BCUT2D eigenvalue weighted by atomic mass is 19.1. The number of aromatic nitrogens is 1. The Morgan fingerprint density at radius 3 is 2.87 bits per heavy atom. The normalized spacial score (nSPS) is 26.7. The van der Waals surface area contributed by atoms with Crippen LogP contribution >= 0.6 is 0 Å². The van der Waals surface area contributed by atoms with Crippen molar-refractivity contribution in [2.45, 2.75) is 32.7 Å². The predicted octanol–water partition coefficient (Wildman–Crippen LogP) is 2.85. The Kier molecular flexibility index (Phi) is 2.89. The molecule has 1 aromatic heterocycles. The molecule has 0 radical (unpaired) electrons. The molecule has 1 aliphatic rings. The number of rotatable bonds is 1. The van der Waals surface area contributed by atoms with Crippen LogP contribution in [0.25, 0.3) is 0 Å². The zero-order valence-corrected chi connectivity index (χ0v) is 9.28. The molecule has 0 bridgehead atoms. The van der Waals surface area contributed by atoms with E-state index >= 15 is 0 Å². The molecular weight excluding hydrogens is 191 g/mol. The van der Waals surface area contributed by atoms with Gasteiger partial charge in [0.15, 0.2) is 0 Å². The van der Waals surface area contributed by atoms with Crippen LogP contribution in [0.1, 0.15) is 26.7 Å². The van der Waals surface area contributed by atoms with Gasteiger partial charge in [-0.15, -0.1) is 0 Å². The molecule has 0 saturated carbocycles. The first-order valence-corrected chi connectivity index (χ1v) is 5.56. The van der Waals surface area contributed by atoms with Crippen LogP contribution in [-0.2, 0) is 0 Å². The Morgan fingerprint density at radius 2 is 2.20 bits per heavy atom. The second kappa shape index (κ2) is 4.17. The third-order valence-electron chi connectivity index (χ3n) is 3.13. The van der Waals surface area contributed by atoms with E-state index < -0.39 is 5.95 Å². The summed E-state index contributed by atoms with van der Waals surface area (Å²) in [5.41, 5.74) is 0. The van der Waals surface area contributed by atoms with Crippen LogP contribution in [0.4, 0.5) is 10.2 Å². The Morgan fingerprint density at radius 1 is 1.40 bits per heavy atom. The molecule has 2 unspecified atom stereocenters. The molecule has 0 aliphatic carbocycles. The zero-order valence-electron chi connectivity index (χ0n) is 9.28. The van der Waals surface area contributed by atoms with Crippen molar-refractivity contribution in [3.63, 3.8) is 0 Å². The van der Waals surface area contributed by atoms with Gasteiger partial charge in [0, 0.05) is 12.6 Å². The van der Waals surface area contributed by atoms with Crippen LogP contribution in [-0.4, -0.2) is 17.6 Å². The third kappa shape index (κ3) is 2.28. The second-order valence-electron chi connectivity index (χ2n) is 4.49. The van der Waals surface area contributed by atoms with Crippen molar-refractivity contribution in [2.75, 3.05) is 11.4 Å². The standard InChI is InChI=1S/C12H17FN2/c1-9-6-7-15(10(2)8-9)12-5-3-4-11(13)14-12/h3-5,9-10H,6-8H2,1-2H3. The van der Waals surface area contributed by atoms with E-state index in [1.54, 1.807) is 6.07 Å². The van der Waals surface area contributed by atoms with Crippen molar-refractivity contribution in [3.05, 3.63) is 24.1 Å². The summed E-state index contributed by atoms with van der Waals surface area (Å²) in [5, 5.41) is 0. The highest BCUT2D eigenvalue weighted by Gasteiger charge is 2.23. The molecule has 0 spiro atoms. The maximum absolute atomic E-state index is 13.0. The van der Waals surface area contributed by atoms with E-state index in [1.807, 2.05) is 6.07 Å². The van der Waals surface area contributed by atoms with E-state index in [4.69, 9.17) is 0 Å². The lowest BCUT2D eigenvalue weighted by Gasteiger charge is -2.37. The number of halogens is 1. The molecule has 2 rings (SSSR count). The highest BCUT2D eigenvalue weighted by Crippen LogP contribution is 2.26. The van der Waals surface area contributed by atoms with Crippen LogP contribution in [0.15, 0.2) is 18.2 Å². The SMILES string of the molecule is CC1CCN(c2cccc(F)n2)C(C)C1. The van der Waals surface area contributed by atoms with Gasteiger partial charge in [0.1, 0.15) is 5.82 Å². The van der Waals surface area contributed by atoms with Crippen LogP contribution in [0.3, 0.4) is 0 Å². The monoisotopic (exact) mass is 208 g/mol. The molecule has 0 aromatic carbocycles. The smallest absolute Gasteiger partial charge is 0.214 e. The van der Waals surface area contributed by atoms with Gasteiger partial charge in [-0.25, -0.2) is 4.98 Å². The molecule has 15 heavy (non-hydrogen) atoms. The Hall–Kier alpha value is -1.12. The van der Waals surface area contributed by atoms with E-state index in [9.17, 15) is 4.39 Å². The summed E-state index contributed by atoms with van der Waals surface area (Å²) >= 11 is 0. The zero-order chi connectivity index (χ0) is 10.8. The van der Waals surface area contributed by atoms with Crippen molar-refractivity contribution in [2.24, 2.45) is 5.92 Å². The topological polar surface area (TPSA) is 16.1 Å². The predicted molar refractivity (Wildman–Crippen MR) is 59.4 cm³/mol. The van der Waals surface area contributed by atoms with Crippen LogP contribution in [0, 0.1) is 11.9 Å². The van der Waals surface area contributed by atoms with E-state index in [1.165, 1.54) is 12.5 Å². The van der Waals surface area contributed by atoms with Crippen molar-refractivity contribution >= 4 is 5.82 Å². The summed E-state index contributed by atoms with van der Waals surface area (Å²) in [4.78, 5) is 6.13. The van der Waals surface area contributed by atoms with Crippen molar-refractivity contribution in [1.29, 1.82) is 0 Å². The molecule has 82 valence electrons. The molecule has 1 aromatic rings. The molecule has 2 nitrogen and oxygen atoms in total. The molecular formula is C12H17FN2. The molecule has 1 fully saturated rings. The van der Waals surface area contributed by atoms with Gasteiger partial charge >= 0.3 is 0 Å². The fourth-order valence-corrected chi connectivity index (χ4v) is 2.31. The van der Waals surface area contributed by atoms with Crippen molar-refractivity contribution in [1.82, 2.24) is 4.98 Å². The largest absolute Gasteiger partial charge is 0.354 e. The van der Waals surface area contributed by atoms with Gasteiger partial charge < -0.3 is 4.90 Å². The summed E-state index contributed by atoms with van der Waals surface area (Å²) in [6.07, 6.45) is 2.33. The molecule has 1 saturated heterocycles. The fraction of sp³-hybridized carbons (Fsp3) is 0.583. The fourth-order valence-electron chi connectivity index (χ4n) is 2.31. The first-order valence-electron chi connectivity index (χ1n) is 5.56. The summed E-state index contributed by atoms with van der Waals surface area (Å²) in [6.45, 7) is 5.44. The molecule has 0 amide bonds. The maximum Gasteiger partial charge on any atom is 0.214 e. The molecule has 3 heteroatoms. The van der Waals surface area contributed by atoms with E-state index in [2.05, 4.69) is 23.7 Å². The third-order valence-corrected chi connectivity index (χ3v) is 3.13. The number of hydrogen-bond donors (Lipinski definition) is 0. The minimum Gasteiger partial charge on any atom is -0.354 e. The van der Waals surface area contributed by atoms with Crippen molar-refractivity contribution in [3.8, 4) is 0 Å². The highest BCUT2D eigenvalue weighted by molar-refractivity contribution is 5.39. The minimum absolute atomic E-state index is 0.390. The second-order valence-corrected chi connectivity index (χ2v) is 4.49. The van der Waals surface area contributed by atoms with Gasteiger partial charge in [0.25, 0.3) is 0 Å². The first kappa shape index (κ1) is 10.4. The number of piperidine rings is 1. The molecule has 0 N–H and O–H groups in total. The molecule has 2 atom stereocenters. The quantitative estimate of drug-likeness (QED) is 0.660. The van der Waals surface area contributed by atoms with Gasteiger partial charge in [-0.05, 0) is 37.8 Å². The van der Waals surface area contributed by atoms with Crippen LogP contribution in [0.2, 0.25) is 0 Å². The Balaban J connectivity index is 2.17. The van der Waals surface area contributed by atoms with Crippen LogP contribution in [0.5, 0.6) is 0 Å². The summed E-state index contributed by atoms with van der Waals surface area (Å²) in [6, 6.07) is 5.46. The number of hydrogen-bond acceptors (Lipinski definition) is 2. The van der Waals surface area contributed by atoms with Gasteiger partial charge in [0.05, 0.1) is 0 Å². The molecule has 2 heterocycles. The average molecular weight is 208 g/mol. The number of nitrogens with zero attached hydrogens (tertiary/aromatic N) is 2. The summed E-state index contributed by atoms with van der Waals surface area (Å²) < 4.78 is 13.0. The lowest BCUT2D eigenvalue weighted by Crippen LogP contribution is -2.40. The van der Waals surface area contributed by atoms with Crippen molar-refractivity contribution < 1.29 is 4.39 Å².